The van der Waals surface area contributed by atoms with Gasteiger partial charge in [0.1, 0.15) is 0 Å². The molecule has 5 rings (SSSR count). The average molecular weight is 401 g/mol. The summed E-state index contributed by atoms with van der Waals surface area (Å²) in [6.45, 7) is 1.54. The molecule has 6 heteroatoms. The Bertz CT molecular complexity index is 1200. The first-order chi connectivity index (χ1) is 14.5. The molecule has 152 valence electrons. The maximum absolute atomic E-state index is 12.8. The van der Waals surface area contributed by atoms with E-state index in [1.807, 2.05) is 66.3 Å². The number of amides is 2. The van der Waals surface area contributed by atoms with Gasteiger partial charge in [0.2, 0.25) is 0 Å². The van der Waals surface area contributed by atoms with Gasteiger partial charge in [0.05, 0.1) is 17.3 Å². The van der Waals surface area contributed by atoms with Crippen molar-refractivity contribution in [3.63, 3.8) is 0 Å². The zero-order valence-electron chi connectivity index (χ0n) is 16.8. The van der Waals surface area contributed by atoms with Crippen molar-refractivity contribution in [2.24, 2.45) is 7.05 Å². The highest BCUT2D eigenvalue weighted by molar-refractivity contribution is 6.50. The number of carbonyl (C=O) groups is 2. The molecule has 0 saturated carbocycles. The highest BCUT2D eigenvalue weighted by atomic mass is 16.3. The van der Waals surface area contributed by atoms with Crippen molar-refractivity contribution in [1.29, 1.82) is 0 Å². The third-order valence-corrected chi connectivity index (χ3v) is 6.06. The third-order valence-electron chi connectivity index (χ3n) is 6.06. The minimum Gasteiger partial charge on any atom is -0.393 e. The van der Waals surface area contributed by atoms with E-state index in [1.165, 1.54) is 0 Å². The number of imide groups is 1. The molecule has 2 N–H and O–H groups in total. The molecule has 0 spiro atoms. The summed E-state index contributed by atoms with van der Waals surface area (Å²) in [5.41, 5.74) is 4.32. The predicted octanol–water partition coefficient (Wildman–Crippen LogP) is 2.71. The molecule has 2 amide bonds. The first kappa shape index (κ1) is 18.6. The lowest BCUT2D eigenvalue weighted by Crippen LogP contribution is -2.35. The van der Waals surface area contributed by atoms with E-state index in [2.05, 4.69) is 10.2 Å². The Morgan fingerprint density at radius 1 is 0.967 bits per heavy atom. The molecular formula is C24H23N3O3. The summed E-state index contributed by atoms with van der Waals surface area (Å²) < 4.78 is 1.97. The van der Waals surface area contributed by atoms with Gasteiger partial charge in [0.25, 0.3) is 11.8 Å². The number of nitrogens with one attached hydrogen (secondary N) is 1. The van der Waals surface area contributed by atoms with Crippen LogP contribution in [0.1, 0.15) is 24.0 Å². The maximum atomic E-state index is 12.8. The summed E-state index contributed by atoms with van der Waals surface area (Å²) in [5.74, 6) is -0.730. The number of hydrogen-bond acceptors (Lipinski definition) is 4. The van der Waals surface area contributed by atoms with Gasteiger partial charge >= 0.3 is 0 Å². The lowest BCUT2D eigenvalue weighted by atomic mass is 9.95. The predicted molar refractivity (Wildman–Crippen MR) is 117 cm³/mol. The molecule has 0 radical (unpaired) electrons. The van der Waals surface area contributed by atoms with Gasteiger partial charge in [-0.15, -0.1) is 0 Å². The van der Waals surface area contributed by atoms with E-state index in [1.54, 1.807) is 0 Å². The van der Waals surface area contributed by atoms with Crippen molar-refractivity contribution < 1.29 is 14.7 Å². The smallest absolute Gasteiger partial charge is 0.259 e. The fourth-order valence-corrected chi connectivity index (χ4v) is 4.51. The minimum atomic E-state index is -0.367. The zero-order valence-corrected chi connectivity index (χ0v) is 16.8. The second-order valence-corrected chi connectivity index (χ2v) is 7.97. The summed E-state index contributed by atoms with van der Waals surface area (Å²) in [7, 11) is 1.94. The number of anilines is 1. The van der Waals surface area contributed by atoms with Crippen LogP contribution in [0.3, 0.4) is 0 Å². The number of piperidine rings is 1. The normalized spacial score (nSPS) is 17.9. The van der Waals surface area contributed by atoms with Crippen molar-refractivity contribution in [3.8, 4) is 0 Å². The van der Waals surface area contributed by atoms with Crippen LogP contribution < -0.4 is 10.2 Å². The highest BCUT2D eigenvalue weighted by Gasteiger charge is 2.34. The molecule has 2 aliphatic rings. The second-order valence-electron chi connectivity index (χ2n) is 7.97. The molecule has 3 aromatic rings. The van der Waals surface area contributed by atoms with Crippen LogP contribution in [0.25, 0.3) is 22.0 Å². The Balaban J connectivity index is 1.64. The van der Waals surface area contributed by atoms with E-state index in [0.29, 0.717) is 11.1 Å². The summed E-state index contributed by atoms with van der Waals surface area (Å²) >= 11 is 0. The third kappa shape index (κ3) is 3.00. The second kappa shape index (κ2) is 7.15. The van der Waals surface area contributed by atoms with Gasteiger partial charge in [-0.1, -0.05) is 30.3 Å². The number of aliphatic hydroxyl groups is 1. The first-order valence-corrected chi connectivity index (χ1v) is 10.2. The van der Waals surface area contributed by atoms with Crippen LogP contribution in [-0.4, -0.2) is 40.7 Å². The maximum Gasteiger partial charge on any atom is 0.259 e. The zero-order chi connectivity index (χ0) is 20.8. The van der Waals surface area contributed by atoms with E-state index in [9.17, 15) is 14.7 Å². The van der Waals surface area contributed by atoms with E-state index in [4.69, 9.17) is 0 Å². The van der Waals surface area contributed by atoms with Gasteiger partial charge in [0.15, 0.2) is 0 Å². The van der Waals surface area contributed by atoms with Crippen molar-refractivity contribution in [2.45, 2.75) is 18.9 Å². The number of benzene rings is 2. The number of carbonyl (C=O) groups excluding carboxylic acids is 2. The van der Waals surface area contributed by atoms with Gasteiger partial charge in [-0.3, -0.25) is 14.9 Å². The molecule has 2 aromatic carbocycles. The first-order valence-electron chi connectivity index (χ1n) is 10.2. The topological polar surface area (TPSA) is 74.6 Å². The van der Waals surface area contributed by atoms with Gasteiger partial charge in [-0.2, -0.15) is 0 Å². The molecule has 0 atom stereocenters. The fourth-order valence-electron chi connectivity index (χ4n) is 4.51. The number of fused-ring (bicyclic) bond motifs is 1. The monoisotopic (exact) mass is 401 g/mol. The molecule has 3 heterocycles. The molecule has 30 heavy (non-hydrogen) atoms. The van der Waals surface area contributed by atoms with Crippen LogP contribution in [0.4, 0.5) is 5.69 Å². The lowest BCUT2D eigenvalue weighted by Gasteiger charge is -2.31. The Morgan fingerprint density at radius 2 is 1.70 bits per heavy atom. The number of hydrogen-bond donors (Lipinski definition) is 2. The summed E-state index contributed by atoms with van der Waals surface area (Å²) in [4.78, 5) is 27.8. The van der Waals surface area contributed by atoms with Crippen LogP contribution in [0.5, 0.6) is 0 Å². The van der Waals surface area contributed by atoms with E-state index in [0.717, 1.165) is 53.6 Å². The number of rotatable bonds is 3. The Kier molecular flexibility index (Phi) is 4.44. The molecule has 1 saturated heterocycles. The molecule has 0 bridgehead atoms. The average Bonchev–Trinajstić information content (AvgIpc) is 3.24. The van der Waals surface area contributed by atoms with Crippen molar-refractivity contribution in [3.05, 3.63) is 65.9 Å². The fraction of sp³-hybridized carbons (Fsp3) is 0.250. The number of nitrogens with zero attached hydrogens (tertiary/aromatic N) is 2. The minimum absolute atomic E-state index is 0.247. The van der Waals surface area contributed by atoms with E-state index < -0.39 is 0 Å². The Labute approximate surface area is 174 Å². The number of aryl methyl sites for hydroxylation is 1. The Morgan fingerprint density at radius 3 is 2.50 bits per heavy atom. The SMILES string of the molecule is Cn1cc(C2=C(c3cccc(N4CCC(O)CC4)c3)C(=O)NC2=O)c2ccccc21. The quantitative estimate of drug-likeness (QED) is 0.662. The van der Waals surface area contributed by atoms with Crippen molar-refractivity contribution >= 4 is 39.6 Å². The molecule has 2 aliphatic heterocycles. The highest BCUT2D eigenvalue weighted by Crippen LogP contribution is 2.36. The largest absolute Gasteiger partial charge is 0.393 e. The van der Waals surface area contributed by atoms with Gasteiger partial charge in [0, 0.05) is 48.5 Å². The van der Waals surface area contributed by atoms with Crippen LogP contribution >= 0.6 is 0 Å². The molecular weight excluding hydrogens is 378 g/mol. The van der Waals surface area contributed by atoms with E-state index in [-0.39, 0.29) is 17.9 Å². The van der Waals surface area contributed by atoms with Crippen LogP contribution in [0.2, 0.25) is 0 Å². The van der Waals surface area contributed by atoms with Crippen LogP contribution in [0.15, 0.2) is 54.7 Å². The molecule has 1 fully saturated rings. The number of aliphatic hydroxyl groups excluding tert-OH is 1. The van der Waals surface area contributed by atoms with Gasteiger partial charge < -0.3 is 14.6 Å². The Hall–Kier alpha value is -3.38. The summed E-state index contributed by atoms with van der Waals surface area (Å²) in [6.07, 6.45) is 3.12. The number of aromatic nitrogens is 1. The van der Waals surface area contributed by atoms with Crippen LogP contribution in [-0.2, 0) is 16.6 Å². The molecule has 0 aliphatic carbocycles. The van der Waals surface area contributed by atoms with E-state index >= 15 is 0 Å². The lowest BCUT2D eigenvalue weighted by molar-refractivity contribution is -0.122. The molecule has 0 unspecified atom stereocenters. The van der Waals surface area contributed by atoms with Crippen molar-refractivity contribution in [2.75, 3.05) is 18.0 Å². The summed E-state index contributed by atoms with van der Waals surface area (Å²) in [5, 5.41) is 13.2. The van der Waals surface area contributed by atoms with Gasteiger partial charge in [-0.25, -0.2) is 0 Å². The molecule has 6 nitrogen and oxygen atoms in total. The van der Waals surface area contributed by atoms with Crippen LogP contribution in [0, 0.1) is 0 Å². The van der Waals surface area contributed by atoms with Crippen molar-refractivity contribution in [1.82, 2.24) is 9.88 Å². The van der Waals surface area contributed by atoms with Gasteiger partial charge in [-0.05, 0) is 36.6 Å². The standard InChI is InChI=1S/C24H23N3O3/c1-26-14-19(18-7-2-3-8-20(18)26)22-21(23(29)25-24(22)30)15-5-4-6-16(13-15)27-11-9-17(28)10-12-27/h2-8,13-14,17,28H,9-12H2,1H3,(H,25,29,30). The molecule has 1 aromatic heterocycles. The summed E-state index contributed by atoms with van der Waals surface area (Å²) in [6, 6.07) is 15.6. The number of para-hydroxylation sites is 1.